The third-order valence-corrected chi connectivity index (χ3v) is 5.40. The maximum absolute atomic E-state index is 14.1. The number of carbonyl (C=O) groups is 1. The van der Waals surface area contributed by atoms with Gasteiger partial charge in [-0.1, -0.05) is 12.1 Å². The molecule has 0 radical (unpaired) electrons. The average Bonchev–Trinajstić information content (AvgIpc) is 3.05. The number of aryl methyl sites for hydroxylation is 1. The van der Waals surface area contributed by atoms with Crippen molar-refractivity contribution in [2.24, 2.45) is 4.99 Å². The number of carbonyl (C=O) groups excluding carboxylic acids is 1. The van der Waals surface area contributed by atoms with Gasteiger partial charge in [-0.15, -0.1) is 0 Å². The van der Waals surface area contributed by atoms with E-state index in [1.807, 2.05) is 40.7 Å². The van der Waals surface area contributed by atoms with Crippen LogP contribution >= 0.6 is 0 Å². The van der Waals surface area contributed by atoms with Crippen LogP contribution < -0.4 is 0 Å². The van der Waals surface area contributed by atoms with Gasteiger partial charge in [0, 0.05) is 31.1 Å². The third-order valence-electron chi connectivity index (χ3n) is 5.40. The van der Waals surface area contributed by atoms with E-state index in [2.05, 4.69) is 4.98 Å². The summed E-state index contributed by atoms with van der Waals surface area (Å²) in [4.78, 5) is 22.4. The molecule has 3 rings (SSSR count). The van der Waals surface area contributed by atoms with E-state index in [-0.39, 0.29) is 11.7 Å². The van der Waals surface area contributed by atoms with Crippen LogP contribution in [0.5, 0.6) is 0 Å². The molecule has 28 heavy (non-hydrogen) atoms. The van der Waals surface area contributed by atoms with Gasteiger partial charge in [0.05, 0.1) is 17.0 Å². The van der Waals surface area contributed by atoms with Crippen molar-refractivity contribution in [2.45, 2.75) is 34.6 Å². The average molecular weight is 379 g/mol. The second-order valence-electron chi connectivity index (χ2n) is 7.51. The summed E-state index contributed by atoms with van der Waals surface area (Å²) in [5.41, 5.74) is 8.56. The Morgan fingerprint density at radius 2 is 1.75 bits per heavy atom. The van der Waals surface area contributed by atoms with Crippen LogP contribution in [0.3, 0.4) is 0 Å². The Balaban J connectivity index is 2.36. The Kier molecular flexibility index (Phi) is 5.11. The van der Waals surface area contributed by atoms with Crippen molar-refractivity contribution in [1.29, 1.82) is 0 Å². The lowest BCUT2D eigenvalue weighted by Gasteiger charge is -2.13. The summed E-state index contributed by atoms with van der Waals surface area (Å²) >= 11 is 0. The Morgan fingerprint density at radius 3 is 2.29 bits per heavy atom. The topological polar surface area (TPSA) is 48.5 Å². The van der Waals surface area contributed by atoms with Crippen LogP contribution in [0, 0.1) is 19.7 Å². The lowest BCUT2D eigenvalue weighted by atomic mass is 9.94. The number of hydrogen-bond acceptors (Lipinski definition) is 2. The summed E-state index contributed by atoms with van der Waals surface area (Å²) in [5.74, 6) is -0.367. The van der Waals surface area contributed by atoms with Gasteiger partial charge in [0.25, 0.3) is 5.91 Å². The highest BCUT2D eigenvalue weighted by Gasteiger charge is 2.26. The quantitative estimate of drug-likeness (QED) is 0.798. The van der Waals surface area contributed by atoms with Crippen LogP contribution in [-0.2, 0) is 0 Å². The van der Waals surface area contributed by atoms with Gasteiger partial charge >= 0.3 is 0 Å². The number of rotatable bonds is 3. The molecule has 0 unspecified atom stereocenters. The molecule has 1 amide bonds. The van der Waals surface area contributed by atoms with Crippen LogP contribution in [0.1, 0.15) is 53.6 Å². The first-order valence-corrected chi connectivity index (χ1v) is 9.28. The van der Waals surface area contributed by atoms with E-state index >= 15 is 0 Å². The Labute approximate surface area is 165 Å². The largest absolute Gasteiger partial charge is 0.358 e. The Hall–Kier alpha value is -2.95. The molecule has 146 valence electrons. The molecule has 0 fully saturated rings. The molecule has 4 nitrogen and oxygen atoms in total. The second-order valence-corrected chi connectivity index (χ2v) is 7.51. The fraction of sp³-hybridized carbons (Fsp3) is 0.304. The first kappa shape index (κ1) is 19.8. The van der Waals surface area contributed by atoms with Crippen molar-refractivity contribution in [3.63, 3.8) is 0 Å². The number of aromatic nitrogens is 1. The Morgan fingerprint density at radius 1 is 1.07 bits per heavy atom. The van der Waals surface area contributed by atoms with Gasteiger partial charge in [-0.05, 0) is 69.0 Å². The summed E-state index contributed by atoms with van der Waals surface area (Å²) in [7, 11) is 3.47. The van der Waals surface area contributed by atoms with E-state index < -0.39 is 0 Å². The standard InChI is InChI=1S/C23H26FN3O/c1-12-13(2)21(25-15(12)4)20(17-9-8-10-18(24)11-17)22-14(3)19(16(5)26-22)23(28)27(6)7/h8-11,26H,1-7H3. The molecular weight excluding hydrogens is 353 g/mol. The minimum Gasteiger partial charge on any atom is -0.358 e. The van der Waals surface area contributed by atoms with E-state index in [0.29, 0.717) is 5.56 Å². The molecule has 2 aromatic rings. The zero-order chi connectivity index (χ0) is 20.7. The number of hydrogen-bond donors (Lipinski definition) is 1. The Bertz CT molecular complexity index is 1070. The molecule has 2 heterocycles. The van der Waals surface area contributed by atoms with E-state index in [4.69, 9.17) is 4.99 Å². The molecule has 5 heteroatoms. The molecule has 1 aromatic carbocycles. The van der Waals surface area contributed by atoms with E-state index in [1.54, 1.807) is 25.1 Å². The highest BCUT2D eigenvalue weighted by Crippen LogP contribution is 2.38. The van der Waals surface area contributed by atoms with Crippen molar-refractivity contribution in [3.05, 3.63) is 75.0 Å². The van der Waals surface area contributed by atoms with Gasteiger partial charge < -0.3 is 9.88 Å². The smallest absolute Gasteiger partial charge is 0.255 e. The van der Waals surface area contributed by atoms with Crippen molar-refractivity contribution < 1.29 is 9.18 Å². The van der Waals surface area contributed by atoms with Gasteiger partial charge in [0.2, 0.25) is 0 Å². The normalized spacial score (nSPS) is 15.8. The summed E-state index contributed by atoms with van der Waals surface area (Å²) < 4.78 is 14.1. The first-order chi connectivity index (χ1) is 13.1. The molecule has 1 aromatic heterocycles. The van der Waals surface area contributed by atoms with Crippen LogP contribution in [-0.4, -0.2) is 35.6 Å². The molecule has 0 bridgehead atoms. The molecular formula is C23H26FN3O. The highest BCUT2D eigenvalue weighted by atomic mass is 19.1. The number of amides is 1. The van der Waals surface area contributed by atoms with Gasteiger partial charge in [-0.2, -0.15) is 0 Å². The molecule has 0 saturated carbocycles. The van der Waals surface area contributed by atoms with Gasteiger partial charge in [-0.25, -0.2) is 4.39 Å². The fourth-order valence-electron chi connectivity index (χ4n) is 3.62. The van der Waals surface area contributed by atoms with Crippen molar-refractivity contribution in [2.75, 3.05) is 14.1 Å². The minimum atomic E-state index is -0.307. The number of halogens is 1. The maximum atomic E-state index is 14.1. The van der Waals surface area contributed by atoms with Crippen molar-refractivity contribution >= 4 is 17.2 Å². The van der Waals surface area contributed by atoms with Gasteiger partial charge in [0.1, 0.15) is 5.82 Å². The molecule has 0 spiro atoms. The van der Waals surface area contributed by atoms with Crippen LogP contribution in [0.2, 0.25) is 0 Å². The van der Waals surface area contributed by atoms with Crippen molar-refractivity contribution in [1.82, 2.24) is 9.88 Å². The fourth-order valence-corrected chi connectivity index (χ4v) is 3.62. The van der Waals surface area contributed by atoms with Crippen LogP contribution in [0.15, 0.2) is 46.1 Å². The lowest BCUT2D eigenvalue weighted by Crippen LogP contribution is -2.22. The predicted octanol–water partition coefficient (Wildman–Crippen LogP) is 5.04. The summed E-state index contributed by atoms with van der Waals surface area (Å²) in [5, 5.41) is 0. The number of benzene rings is 1. The summed E-state index contributed by atoms with van der Waals surface area (Å²) in [6.45, 7) is 9.85. The van der Waals surface area contributed by atoms with Gasteiger partial charge in [-0.3, -0.25) is 9.79 Å². The number of aliphatic imine (C=N–C) groups is 1. The number of nitrogens with one attached hydrogen (secondary N) is 1. The number of allylic oxidation sites excluding steroid dienone is 2. The molecule has 0 atom stereocenters. The summed E-state index contributed by atoms with van der Waals surface area (Å²) in [6, 6.07) is 6.51. The lowest BCUT2D eigenvalue weighted by molar-refractivity contribution is 0.0826. The van der Waals surface area contributed by atoms with E-state index in [1.165, 1.54) is 12.1 Å². The van der Waals surface area contributed by atoms with E-state index in [0.717, 1.165) is 50.6 Å². The minimum absolute atomic E-state index is 0.0596. The zero-order valence-electron chi connectivity index (χ0n) is 17.5. The molecule has 1 N–H and O–H groups in total. The van der Waals surface area contributed by atoms with Crippen molar-refractivity contribution in [3.8, 4) is 0 Å². The number of aromatic amines is 1. The van der Waals surface area contributed by atoms with Gasteiger partial charge in [0.15, 0.2) is 0 Å². The third kappa shape index (κ3) is 3.21. The number of H-pyrrole nitrogens is 1. The molecule has 1 aliphatic rings. The first-order valence-electron chi connectivity index (χ1n) is 9.28. The highest BCUT2D eigenvalue weighted by molar-refractivity contribution is 6.05. The summed E-state index contributed by atoms with van der Waals surface area (Å²) in [6.07, 6.45) is 0. The van der Waals surface area contributed by atoms with Crippen LogP contribution in [0.25, 0.3) is 5.57 Å². The maximum Gasteiger partial charge on any atom is 0.255 e. The second kappa shape index (κ2) is 7.23. The predicted molar refractivity (Wildman–Crippen MR) is 112 cm³/mol. The number of nitrogens with zero attached hydrogens (tertiary/aromatic N) is 2. The SMILES string of the molecule is CC1=NC(=C(c2cccc(F)c2)c2[nH]c(C)c(C(=O)N(C)C)c2C)C(C)=C1C. The molecule has 0 saturated heterocycles. The monoisotopic (exact) mass is 379 g/mol. The van der Waals surface area contributed by atoms with E-state index in [9.17, 15) is 9.18 Å². The molecule has 0 aliphatic carbocycles. The van der Waals surface area contributed by atoms with Crippen LogP contribution in [0.4, 0.5) is 4.39 Å². The zero-order valence-corrected chi connectivity index (χ0v) is 17.5. The molecule has 1 aliphatic heterocycles.